The maximum absolute atomic E-state index is 12.2. The summed E-state index contributed by atoms with van der Waals surface area (Å²) in [7, 11) is 0. The largest absolute Gasteiger partial charge is 0.493 e. The molecule has 3 N–H and O–H groups in total. The fraction of sp³-hybridized carbons (Fsp3) is 0.105. The summed E-state index contributed by atoms with van der Waals surface area (Å²) in [4.78, 5) is 26.6. The minimum absolute atomic E-state index is 0.0745. The average molecular weight is 350 g/mol. The molecule has 3 aromatic rings. The molecule has 1 heterocycles. The highest BCUT2D eigenvalue weighted by Crippen LogP contribution is 2.18. The second kappa shape index (κ2) is 7.10. The van der Waals surface area contributed by atoms with E-state index < -0.39 is 17.1 Å². The standard InChI is InChI=1S/C19H18N4O3/c1-12-8-6-7-11-15(12)22-21-13(2)16-17(24)20-19(26)23(18(16)25)14-9-4-3-5-10-14/h3-11,22,25H,1-2H3,(H,20,24,26). The molecule has 0 radical (unpaired) electrons. The number of aromatic hydroxyl groups is 1. The summed E-state index contributed by atoms with van der Waals surface area (Å²) in [6.45, 7) is 3.50. The summed E-state index contributed by atoms with van der Waals surface area (Å²) in [5, 5.41) is 14.7. The van der Waals surface area contributed by atoms with Gasteiger partial charge in [-0.15, -0.1) is 0 Å². The number of anilines is 1. The van der Waals surface area contributed by atoms with Gasteiger partial charge < -0.3 is 5.11 Å². The van der Waals surface area contributed by atoms with Crippen molar-refractivity contribution in [3.05, 3.63) is 86.6 Å². The molecule has 0 amide bonds. The first kappa shape index (κ1) is 17.2. The molecule has 0 aliphatic carbocycles. The molecular formula is C19H18N4O3. The van der Waals surface area contributed by atoms with E-state index in [0.29, 0.717) is 5.69 Å². The van der Waals surface area contributed by atoms with E-state index in [1.54, 1.807) is 37.3 Å². The van der Waals surface area contributed by atoms with Crippen LogP contribution in [-0.4, -0.2) is 20.4 Å². The highest BCUT2D eigenvalue weighted by Gasteiger charge is 2.17. The van der Waals surface area contributed by atoms with Crippen LogP contribution in [0.25, 0.3) is 5.69 Å². The number of hydrogen-bond acceptors (Lipinski definition) is 5. The van der Waals surface area contributed by atoms with Crippen LogP contribution in [0.5, 0.6) is 5.88 Å². The number of aryl methyl sites for hydroxylation is 1. The zero-order valence-electron chi connectivity index (χ0n) is 14.4. The van der Waals surface area contributed by atoms with Crippen molar-refractivity contribution in [1.29, 1.82) is 0 Å². The van der Waals surface area contributed by atoms with Gasteiger partial charge in [-0.2, -0.15) is 5.10 Å². The number of hydrazone groups is 1. The summed E-state index contributed by atoms with van der Waals surface area (Å²) < 4.78 is 1.03. The number of nitrogens with one attached hydrogen (secondary N) is 2. The predicted molar refractivity (Wildman–Crippen MR) is 101 cm³/mol. The molecule has 132 valence electrons. The second-order valence-electron chi connectivity index (χ2n) is 5.75. The molecule has 26 heavy (non-hydrogen) atoms. The number of aromatic nitrogens is 2. The zero-order chi connectivity index (χ0) is 18.7. The Balaban J connectivity index is 2.08. The zero-order valence-corrected chi connectivity index (χ0v) is 14.4. The van der Waals surface area contributed by atoms with Gasteiger partial charge in [-0.3, -0.25) is 15.2 Å². The fourth-order valence-corrected chi connectivity index (χ4v) is 2.57. The van der Waals surface area contributed by atoms with Crippen molar-refractivity contribution in [3.63, 3.8) is 0 Å². The summed E-state index contributed by atoms with van der Waals surface area (Å²) in [5.41, 5.74) is 3.82. The van der Waals surface area contributed by atoms with E-state index in [1.165, 1.54) is 0 Å². The maximum Gasteiger partial charge on any atom is 0.335 e. The lowest BCUT2D eigenvalue weighted by Crippen LogP contribution is -2.32. The van der Waals surface area contributed by atoms with Crippen LogP contribution in [0.15, 0.2) is 69.3 Å². The quantitative estimate of drug-likeness (QED) is 0.497. The molecule has 7 nitrogen and oxygen atoms in total. The Kier molecular flexibility index (Phi) is 4.70. The highest BCUT2D eigenvalue weighted by atomic mass is 16.3. The number of benzene rings is 2. The van der Waals surface area contributed by atoms with E-state index in [2.05, 4.69) is 15.5 Å². The lowest BCUT2D eigenvalue weighted by atomic mass is 10.2. The maximum atomic E-state index is 12.2. The van der Waals surface area contributed by atoms with E-state index >= 15 is 0 Å². The molecule has 0 aliphatic rings. The number of hydrogen-bond donors (Lipinski definition) is 3. The topological polar surface area (TPSA) is 99.5 Å². The Morgan fingerprint density at radius 1 is 1.08 bits per heavy atom. The van der Waals surface area contributed by atoms with Crippen LogP contribution >= 0.6 is 0 Å². The van der Waals surface area contributed by atoms with Crippen molar-refractivity contribution < 1.29 is 5.11 Å². The highest BCUT2D eigenvalue weighted by molar-refractivity contribution is 6.00. The lowest BCUT2D eigenvalue weighted by molar-refractivity contribution is 0.429. The van der Waals surface area contributed by atoms with E-state index in [9.17, 15) is 14.7 Å². The van der Waals surface area contributed by atoms with Gasteiger partial charge in [0, 0.05) is 0 Å². The number of nitrogens with zero attached hydrogens (tertiary/aromatic N) is 2. The molecule has 0 aliphatic heterocycles. The Labute approximate surface area is 149 Å². The molecule has 0 bridgehead atoms. The third-order valence-electron chi connectivity index (χ3n) is 3.95. The molecule has 0 saturated heterocycles. The monoisotopic (exact) mass is 350 g/mol. The van der Waals surface area contributed by atoms with Crippen LogP contribution in [0.4, 0.5) is 5.69 Å². The summed E-state index contributed by atoms with van der Waals surface area (Å²) in [5.74, 6) is -0.460. The summed E-state index contributed by atoms with van der Waals surface area (Å²) in [6, 6.07) is 16.1. The lowest BCUT2D eigenvalue weighted by Gasteiger charge is -2.11. The van der Waals surface area contributed by atoms with Crippen LogP contribution in [0.1, 0.15) is 18.1 Å². The molecule has 2 aromatic carbocycles. The van der Waals surface area contributed by atoms with Crippen molar-refractivity contribution in [2.75, 3.05) is 5.43 Å². The third-order valence-corrected chi connectivity index (χ3v) is 3.95. The molecular weight excluding hydrogens is 332 g/mol. The summed E-state index contributed by atoms with van der Waals surface area (Å²) >= 11 is 0. The van der Waals surface area contributed by atoms with Crippen molar-refractivity contribution in [1.82, 2.24) is 9.55 Å². The molecule has 7 heteroatoms. The smallest absolute Gasteiger partial charge is 0.335 e. The molecule has 3 rings (SSSR count). The van der Waals surface area contributed by atoms with Crippen LogP contribution in [0.3, 0.4) is 0 Å². The van der Waals surface area contributed by atoms with Crippen molar-refractivity contribution >= 4 is 11.4 Å². The van der Waals surface area contributed by atoms with Crippen LogP contribution in [-0.2, 0) is 0 Å². The van der Waals surface area contributed by atoms with E-state index in [1.807, 2.05) is 31.2 Å². The first-order chi connectivity index (χ1) is 12.5. The molecule has 0 spiro atoms. The first-order valence-electron chi connectivity index (χ1n) is 7.99. The molecule has 0 unspecified atom stereocenters. The number of H-pyrrole nitrogens is 1. The fourth-order valence-electron chi connectivity index (χ4n) is 2.57. The molecule has 0 saturated carbocycles. The van der Waals surface area contributed by atoms with Gasteiger partial charge in [-0.1, -0.05) is 36.4 Å². The van der Waals surface area contributed by atoms with Gasteiger partial charge in [0.1, 0.15) is 5.56 Å². The van der Waals surface area contributed by atoms with Gasteiger partial charge in [0.25, 0.3) is 5.56 Å². The van der Waals surface area contributed by atoms with Crippen molar-refractivity contribution in [2.45, 2.75) is 13.8 Å². The predicted octanol–water partition coefficient (Wildman–Crippen LogP) is 2.38. The van der Waals surface area contributed by atoms with Crippen molar-refractivity contribution in [3.8, 4) is 11.6 Å². The van der Waals surface area contributed by atoms with E-state index in [4.69, 9.17) is 0 Å². The Morgan fingerprint density at radius 2 is 1.73 bits per heavy atom. The third kappa shape index (κ3) is 3.27. The van der Waals surface area contributed by atoms with Gasteiger partial charge >= 0.3 is 5.69 Å². The van der Waals surface area contributed by atoms with Gasteiger partial charge in [-0.25, -0.2) is 9.36 Å². The SMILES string of the molecule is CC(=NNc1ccccc1C)c1c(O)n(-c2ccccc2)c(=O)[nH]c1=O. The minimum Gasteiger partial charge on any atom is -0.493 e. The van der Waals surface area contributed by atoms with Gasteiger partial charge in [0.05, 0.1) is 17.1 Å². The first-order valence-corrected chi connectivity index (χ1v) is 7.99. The van der Waals surface area contributed by atoms with Crippen LogP contribution in [0.2, 0.25) is 0 Å². The number of rotatable bonds is 4. The molecule has 1 aromatic heterocycles. The van der Waals surface area contributed by atoms with Gasteiger partial charge in [0.2, 0.25) is 5.88 Å². The van der Waals surface area contributed by atoms with Crippen LogP contribution in [0, 0.1) is 6.92 Å². The Morgan fingerprint density at radius 3 is 2.42 bits per heavy atom. The Bertz CT molecular complexity index is 1080. The van der Waals surface area contributed by atoms with E-state index in [-0.39, 0.29) is 11.3 Å². The van der Waals surface area contributed by atoms with E-state index in [0.717, 1.165) is 15.8 Å². The number of para-hydroxylation sites is 2. The van der Waals surface area contributed by atoms with Gasteiger partial charge in [0.15, 0.2) is 0 Å². The summed E-state index contributed by atoms with van der Waals surface area (Å²) in [6.07, 6.45) is 0. The normalized spacial score (nSPS) is 11.4. The Hall–Kier alpha value is -3.61. The molecule has 0 atom stereocenters. The van der Waals surface area contributed by atoms with Crippen molar-refractivity contribution in [2.24, 2.45) is 5.10 Å². The number of aromatic amines is 1. The average Bonchev–Trinajstić information content (AvgIpc) is 2.61. The van der Waals surface area contributed by atoms with Crippen LogP contribution < -0.4 is 16.7 Å². The molecule has 0 fully saturated rings. The minimum atomic E-state index is -0.720. The second-order valence-corrected chi connectivity index (χ2v) is 5.75. The van der Waals surface area contributed by atoms with Gasteiger partial charge in [-0.05, 0) is 37.6 Å².